The second-order valence-electron chi connectivity index (χ2n) is 8.27. The highest BCUT2D eigenvalue weighted by atomic mass is 79.9. The standard InChI is InChI=1S/C26H32BrClO4/c1-26(2,25(30)31-19-9-7-5-3-4-6-8-18-27)32-23-16-12-21(13-17-23)24(29)20-10-14-22(28)15-11-20/h10-17H,3-9,18-19H2,1-2H3. The van der Waals surface area contributed by atoms with Crippen LogP contribution >= 0.6 is 27.5 Å². The number of alkyl halides is 1. The molecular formula is C26H32BrClO4. The van der Waals surface area contributed by atoms with Gasteiger partial charge in [0.05, 0.1) is 6.61 Å². The Bertz CT molecular complexity index is 847. The molecule has 32 heavy (non-hydrogen) atoms. The van der Waals surface area contributed by atoms with E-state index in [0.29, 0.717) is 28.5 Å². The maximum absolute atomic E-state index is 12.6. The molecule has 0 heterocycles. The molecule has 0 aliphatic heterocycles. The van der Waals surface area contributed by atoms with Crippen LogP contribution in [0.5, 0.6) is 5.75 Å². The summed E-state index contributed by atoms with van der Waals surface area (Å²) in [5.41, 5.74) is -0.0182. The normalized spacial score (nSPS) is 11.2. The average Bonchev–Trinajstić information content (AvgIpc) is 2.78. The minimum absolute atomic E-state index is 0.102. The summed E-state index contributed by atoms with van der Waals surface area (Å²) in [6.07, 6.45) is 8.08. The van der Waals surface area contributed by atoms with Gasteiger partial charge in [-0.15, -0.1) is 0 Å². The molecule has 0 atom stereocenters. The maximum Gasteiger partial charge on any atom is 0.349 e. The summed E-state index contributed by atoms with van der Waals surface area (Å²) < 4.78 is 11.3. The van der Waals surface area contributed by atoms with Gasteiger partial charge in [0.2, 0.25) is 0 Å². The SMILES string of the molecule is CC(C)(Oc1ccc(C(=O)c2ccc(Cl)cc2)cc1)C(=O)OCCCCCCCCCBr. The van der Waals surface area contributed by atoms with Crippen LogP contribution in [0.1, 0.15) is 74.7 Å². The molecule has 0 saturated heterocycles. The summed E-state index contributed by atoms with van der Waals surface area (Å²) in [6.45, 7) is 3.78. The Morgan fingerprint density at radius 3 is 1.88 bits per heavy atom. The molecule has 2 aromatic rings. The van der Waals surface area contributed by atoms with Gasteiger partial charge in [0, 0.05) is 21.5 Å². The van der Waals surface area contributed by atoms with Gasteiger partial charge in [-0.3, -0.25) is 4.79 Å². The van der Waals surface area contributed by atoms with E-state index in [-0.39, 0.29) is 5.78 Å². The van der Waals surface area contributed by atoms with Crippen LogP contribution in [-0.4, -0.2) is 29.3 Å². The lowest BCUT2D eigenvalue weighted by Crippen LogP contribution is -2.39. The lowest BCUT2D eigenvalue weighted by Gasteiger charge is -2.24. The summed E-state index contributed by atoms with van der Waals surface area (Å²) in [6, 6.07) is 13.5. The number of unbranched alkanes of at least 4 members (excludes halogenated alkanes) is 6. The van der Waals surface area contributed by atoms with Gasteiger partial charge in [0.15, 0.2) is 11.4 Å². The molecule has 0 unspecified atom stereocenters. The first-order valence-electron chi connectivity index (χ1n) is 11.2. The quantitative estimate of drug-likeness (QED) is 0.112. The second-order valence-corrected chi connectivity index (χ2v) is 9.50. The molecule has 0 bridgehead atoms. The zero-order valence-corrected chi connectivity index (χ0v) is 21.2. The van der Waals surface area contributed by atoms with E-state index < -0.39 is 11.6 Å². The minimum atomic E-state index is -1.11. The zero-order valence-electron chi connectivity index (χ0n) is 18.9. The topological polar surface area (TPSA) is 52.6 Å². The molecule has 0 aliphatic rings. The summed E-state index contributed by atoms with van der Waals surface area (Å²) in [5, 5.41) is 1.66. The largest absolute Gasteiger partial charge is 0.476 e. The number of esters is 1. The van der Waals surface area contributed by atoms with E-state index in [9.17, 15) is 9.59 Å². The zero-order chi connectivity index (χ0) is 23.4. The molecule has 2 rings (SSSR count). The smallest absolute Gasteiger partial charge is 0.349 e. The molecule has 0 N–H and O–H groups in total. The number of carbonyl (C=O) groups excluding carboxylic acids is 2. The lowest BCUT2D eigenvalue weighted by molar-refractivity contribution is -0.159. The van der Waals surface area contributed by atoms with E-state index in [2.05, 4.69) is 15.9 Å². The molecule has 0 amide bonds. The first-order chi connectivity index (χ1) is 15.3. The Morgan fingerprint density at radius 2 is 1.31 bits per heavy atom. The number of rotatable bonds is 14. The van der Waals surface area contributed by atoms with E-state index in [1.54, 1.807) is 62.4 Å². The molecule has 0 saturated carbocycles. The molecule has 0 aromatic heterocycles. The van der Waals surface area contributed by atoms with Crippen molar-refractivity contribution in [3.05, 3.63) is 64.7 Å². The van der Waals surface area contributed by atoms with Gasteiger partial charge in [0.25, 0.3) is 0 Å². The molecule has 0 radical (unpaired) electrons. The number of carbonyl (C=O) groups is 2. The van der Waals surface area contributed by atoms with Crippen molar-refractivity contribution < 1.29 is 19.1 Å². The second kappa shape index (κ2) is 13.6. The highest BCUT2D eigenvalue weighted by molar-refractivity contribution is 9.09. The molecule has 6 heteroatoms. The van der Waals surface area contributed by atoms with Crippen LogP contribution in [0.4, 0.5) is 0 Å². The summed E-state index contributed by atoms with van der Waals surface area (Å²) in [5.74, 6) is 0.00855. The monoisotopic (exact) mass is 522 g/mol. The van der Waals surface area contributed by atoms with Gasteiger partial charge >= 0.3 is 5.97 Å². The van der Waals surface area contributed by atoms with Crippen LogP contribution in [0.15, 0.2) is 48.5 Å². The Morgan fingerprint density at radius 1 is 0.812 bits per heavy atom. The molecule has 0 aliphatic carbocycles. The third-order valence-corrected chi connectivity index (χ3v) is 5.91. The van der Waals surface area contributed by atoms with Crippen LogP contribution in [0.25, 0.3) is 0 Å². The third kappa shape index (κ3) is 8.95. The molecule has 4 nitrogen and oxygen atoms in total. The van der Waals surface area contributed by atoms with Crippen molar-refractivity contribution in [2.45, 2.75) is 64.4 Å². The van der Waals surface area contributed by atoms with Gasteiger partial charge < -0.3 is 9.47 Å². The minimum Gasteiger partial charge on any atom is -0.476 e. The third-order valence-electron chi connectivity index (χ3n) is 5.10. The van der Waals surface area contributed by atoms with Gasteiger partial charge in [-0.2, -0.15) is 0 Å². The van der Waals surface area contributed by atoms with Crippen molar-refractivity contribution >= 4 is 39.3 Å². The summed E-state index contributed by atoms with van der Waals surface area (Å²) >= 11 is 9.32. The van der Waals surface area contributed by atoms with Crippen molar-refractivity contribution in [1.82, 2.24) is 0 Å². The van der Waals surface area contributed by atoms with Crippen molar-refractivity contribution in [1.29, 1.82) is 0 Å². The molecule has 0 spiro atoms. The van der Waals surface area contributed by atoms with Crippen molar-refractivity contribution in [3.8, 4) is 5.75 Å². The van der Waals surface area contributed by atoms with Crippen molar-refractivity contribution in [3.63, 3.8) is 0 Å². The number of halogens is 2. The van der Waals surface area contributed by atoms with E-state index in [1.165, 1.54) is 32.1 Å². The van der Waals surface area contributed by atoms with Crippen LogP contribution in [-0.2, 0) is 9.53 Å². The highest BCUT2D eigenvalue weighted by Gasteiger charge is 2.31. The Hall–Kier alpha value is -1.85. The summed E-state index contributed by atoms with van der Waals surface area (Å²) in [7, 11) is 0. The Labute approximate surface area is 204 Å². The van der Waals surface area contributed by atoms with E-state index in [4.69, 9.17) is 21.1 Å². The first-order valence-corrected chi connectivity index (χ1v) is 12.7. The van der Waals surface area contributed by atoms with Crippen LogP contribution in [0, 0.1) is 0 Å². The van der Waals surface area contributed by atoms with Crippen LogP contribution in [0.2, 0.25) is 5.02 Å². The fourth-order valence-corrected chi connectivity index (χ4v) is 3.72. The number of ether oxygens (including phenoxy) is 2. The number of hydrogen-bond donors (Lipinski definition) is 0. The van der Waals surface area contributed by atoms with Gasteiger partial charge in [0.1, 0.15) is 5.75 Å². The Kier molecular flexibility index (Phi) is 11.3. The Balaban J connectivity index is 1.76. The average molecular weight is 524 g/mol. The predicted molar refractivity (Wildman–Crippen MR) is 133 cm³/mol. The number of benzene rings is 2. The number of hydrogen-bond acceptors (Lipinski definition) is 4. The molecule has 2 aromatic carbocycles. The van der Waals surface area contributed by atoms with Gasteiger partial charge in [-0.05, 0) is 75.2 Å². The van der Waals surface area contributed by atoms with Crippen molar-refractivity contribution in [2.24, 2.45) is 0 Å². The van der Waals surface area contributed by atoms with E-state index >= 15 is 0 Å². The predicted octanol–water partition coefficient (Wildman–Crippen LogP) is 7.40. The maximum atomic E-state index is 12.6. The van der Waals surface area contributed by atoms with Gasteiger partial charge in [-0.1, -0.05) is 59.6 Å². The first kappa shape index (κ1) is 26.4. The molecule has 174 valence electrons. The fourth-order valence-electron chi connectivity index (χ4n) is 3.20. The van der Waals surface area contributed by atoms with Gasteiger partial charge in [-0.25, -0.2) is 4.79 Å². The van der Waals surface area contributed by atoms with Crippen LogP contribution in [0.3, 0.4) is 0 Å². The lowest BCUT2D eigenvalue weighted by atomic mass is 10.0. The molecule has 0 fully saturated rings. The number of ketones is 1. The van der Waals surface area contributed by atoms with Crippen molar-refractivity contribution in [2.75, 3.05) is 11.9 Å². The van der Waals surface area contributed by atoms with E-state index in [0.717, 1.165) is 18.2 Å². The van der Waals surface area contributed by atoms with Crippen LogP contribution < -0.4 is 4.74 Å². The summed E-state index contributed by atoms with van der Waals surface area (Å²) in [4.78, 5) is 25.0. The highest BCUT2D eigenvalue weighted by Crippen LogP contribution is 2.22. The van der Waals surface area contributed by atoms with E-state index in [1.807, 2.05) is 0 Å². The fraction of sp³-hybridized carbons (Fsp3) is 0.462. The molecular weight excluding hydrogens is 492 g/mol.